The topological polar surface area (TPSA) is 47.5 Å². The van der Waals surface area contributed by atoms with Gasteiger partial charge in [-0.15, -0.1) is 0 Å². The van der Waals surface area contributed by atoms with Gasteiger partial charge in [0.2, 0.25) is 0 Å². The van der Waals surface area contributed by atoms with E-state index >= 15 is 0 Å². The van der Waals surface area contributed by atoms with Gasteiger partial charge >= 0.3 is 0 Å². The monoisotopic (exact) mass is 217 g/mol. The molecule has 4 nitrogen and oxygen atoms in total. The van der Waals surface area contributed by atoms with Gasteiger partial charge in [0.05, 0.1) is 26.2 Å². The summed E-state index contributed by atoms with van der Waals surface area (Å²) in [4.78, 5) is 4.87. The third-order valence-corrected chi connectivity index (χ3v) is 2.67. The summed E-state index contributed by atoms with van der Waals surface area (Å²) in [5.41, 5.74) is 5.61. The van der Waals surface area contributed by atoms with E-state index in [-0.39, 0.29) is 0 Å². The molecule has 0 aliphatic rings. The van der Waals surface area contributed by atoms with Gasteiger partial charge < -0.3 is 13.7 Å². The maximum atomic E-state index is 5.49. The average molecular weight is 217 g/mol. The van der Waals surface area contributed by atoms with Gasteiger partial charge in [-0.1, -0.05) is 0 Å². The van der Waals surface area contributed by atoms with Crippen molar-refractivity contribution in [3.8, 4) is 0 Å². The van der Waals surface area contributed by atoms with E-state index in [4.69, 9.17) is 13.7 Å². The van der Waals surface area contributed by atoms with Crippen molar-refractivity contribution in [2.45, 2.75) is 6.54 Å². The van der Waals surface area contributed by atoms with Crippen LogP contribution in [0.3, 0.4) is 0 Å². The summed E-state index contributed by atoms with van der Waals surface area (Å²) in [7, 11) is 1.59. The van der Waals surface area contributed by atoms with Gasteiger partial charge in [0, 0.05) is 16.3 Å². The summed E-state index contributed by atoms with van der Waals surface area (Å²) in [6.07, 6.45) is 3.36. The lowest BCUT2D eigenvalue weighted by Crippen LogP contribution is -2.11. The molecule has 4 heteroatoms. The highest BCUT2D eigenvalue weighted by Crippen LogP contribution is 2.29. The Hall–Kier alpha value is -1.78. The molecule has 0 fully saturated rings. The van der Waals surface area contributed by atoms with Crippen molar-refractivity contribution in [1.29, 1.82) is 0 Å². The zero-order valence-electron chi connectivity index (χ0n) is 8.82. The Morgan fingerprint density at radius 3 is 3.00 bits per heavy atom. The number of hydrogen-bond donors (Lipinski definition) is 1. The Balaban J connectivity index is 2.29. The third kappa shape index (κ3) is 1.31. The van der Waals surface area contributed by atoms with Crippen LogP contribution in [0, 0.1) is 0 Å². The first-order valence-corrected chi connectivity index (χ1v) is 5.02. The molecule has 2 heterocycles. The molecule has 0 radical (unpaired) electrons. The first-order chi connectivity index (χ1) is 7.90. The number of benzene rings is 1. The van der Waals surface area contributed by atoms with Crippen LogP contribution in [0.15, 0.2) is 39.6 Å². The van der Waals surface area contributed by atoms with Crippen LogP contribution in [-0.4, -0.2) is 7.11 Å². The number of furan rings is 2. The lowest BCUT2D eigenvalue weighted by atomic mass is 10.1. The second-order valence-corrected chi connectivity index (χ2v) is 3.55. The molecule has 0 amide bonds. The van der Waals surface area contributed by atoms with Crippen LogP contribution in [0.2, 0.25) is 0 Å². The highest BCUT2D eigenvalue weighted by molar-refractivity contribution is 5.97. The fraction of sp³-hybridized carbons (Fsp3) is 0.167. The summed E-state index contributed by atoms with van der Waals surface area (Å²) in [6.45, 7) is 0.581. The van der Waals surface area contributed by atoms with Crippen molar-refractivity contribution in [2.24, 2.45) is 0 Å². The largest absolute Gasteiger partial charge is 0.464 e. The predicted octanol–water partition coefficient (Wildman–Crippen LogP) is 2.83. The van der Waals surface area contributed by atoms with Crippen molar-refractivity contribution >= 4 is 21.9 Å². The van der Waals surface area contributed by atoms with Crippen molar-refractivity contribution in [3.63, 3.8) is 0 Å². The minimum Gasteiger partial charge on any atom is -0.464 e. The molecule has 1 N–H and O–H groups in total. The average Bonchev–Trinajstić information content (AvgIpc) is 2.91. The molecule has 0 saturated carbocycles. The van der Waals surface area contributed by atoms with Crippen molar-refractivity contribution in [1.82, 2.24) is 5.48 Å². The van der Waals surface area contributed by atoms with Crippen LogP contribution in [0.5, 0.6) is 0 Å². The molecule has 82 valence electrons. The summed E-state index contributed by atoms with van der Waals surface area (Å²) in [6, 6.07) is 5.84. The summed E-state index contributed by atoms with van der Waals surface area (Å²) in [5, 5.41) is 2.09. The van der Waals surface area contributed by atoms with E-state index in [0.29, 0.717) is 6.54 Å². The summed E-state index contributed by atoms with van der Waals surface area (Å²) in [5.74, 6) is 0. The minimum absolute atomic E-state index is 0.581. The zero-order valence-corrected chi connectivity index (χ0v) is 8.82. The van der Waals surface area contributed by atoms with Gasteiger partial charge in [0.1, 0.15) is 11.2 Å². The van der Waals surface area contributed by atoms with Crippen LogP contribution >= 0.6 is 0 Å². The van der Waals surface area contributed by atoms with Crippen LogP contribution < -0.4 is 5.48 Å². The Morgan fingerprint density at radius 1 is 1.25 bits per heavy atom. The fourth-order valence-electron chi connectivity index (χ4n) is 1.94. The van der Waals surface area contributed by atoms with E-state index < -0.39 is 0 Å². The molecule has 0 atom stereocenters. The number of hydroxylamine groups is 1. The molecule has 16 heavy (non-hydrogen) atoms. The molecule has 0 spiro atoms. The molecule has 2 aromatic heterocycles. The lowest BCUT2D eigenvalue weighted by Gasteiger charge is -2.04. The lowest BCUT2D eigenvalue weighted by molar-refractivity contribution is 0.0871. The van der Waals surface area contributed by atoms with Crippen LogP contribution in [-0.2, 0) is 11.4 Å². The molecular formula is C12H11NO3. The van der Waals surface area contributed by atoms with Crippen molar-refractivity contribution < 1.29 is 13.7 Å². The number of rotatable bonds is 3. The molecule has 0 saturated heterocycles. The Morgan fingerprint density at radius 2 is 2.12 bits per heavy atom. The van der Waals surface area contributed by atoms with Crippen molar-refractivity contribution in [3.05, 3.63) is 36.3 Å². The van der Waals surface area contributed by atoms with E-state index in [0.717, 1.165) is 27.5 Å². The number of hydrogen-bond acceptors (Lipinski definition) is 4. The molecule has 0 aliphatic heterocycles. The quantitative estimate of drug-likeness (QED) is 0.685. The minimum atomic E-state index is 0.581. The normalized spacial score (nSPS) is 11.6. The highest BCUT2D eigenvalue weighted by Gasteiger charge is 2.11. The number of nitrogens with one attached hydrogen (secondary N) is 1. The Kier molecular flexibility index (Phi) is 2.16. The van der Waals surface area contributed by atoms with E-state index in [9.17, 15) is 0 Å². The van der Waals surface area contributed by atoms with Gasteiger partial charge in [-0.2, -0.15) is 5.48 Å². The van der Waals surface area contributed by atoms with Crippen LogP contribution in [0.4, 0.5) is 0 Å². The fourth-order valence-corrected chi connectivity index (χ4v) is 1.94. The SMILES string of the molecule is CONCc1c2ccoc2cc2ccoc12. The summed E-state index contributed by atoms with van der Waals surface area (Å²) >= 11 is 0. The van der Waals surface area contributed by atoms with Crippen LogP contribution in [0.25, 0.3) is 21.9 Å². The first kappa shape index (κ1) is 9.45. The van der Waals surface area contributed by atoms with Gasteiger partial charge in [0.25, 0.3) is 0 Å². The Bertz CT molecular complexity index is 575. The van der Waals surface area contributed by atoms with Gasteiger partial charge in [-0.25, -0.2) is 0 Å². The molecule has 0 bridgehead atoms. The maximum Gasteiger partial charge on any atom is 0.139 e. The highest BCUT2D eigenvalue weighted by atomic mass is 16.6. The van der Waals surface area contributed by atoms with Gasteiger partial charge in [-0.3, -0.25) is 0 Å². The van der Waals surface area contributed by atoms with E-state index in [1.165, 1.54) is 0 Å². The first-order valence-electron chi connectivity index (χ1n) is 5.02. The molecule has 3 aromatic rings. The van der Waals surface area contributed by atoms with E-state index in [1.54, 1.807) is 19.6 Å². The second kappa shape index (κ2) is 3.66. The zero-order chi connectivity index (χ0) is 11.0. The Labute approximate surface area is 91.7 Å². The molecule has 1 aromatic carbocycles. The summed E-state index contributed by atoms with van der Waals surface area (Å²) < 4.78 is 10.9. The molecule has 0 unspecified atom stereocenters. The van der Waals surface area contributed by atoms with Crippen molar-refractivity contribution in [2.75, 3.05) is 7.11 Å². The number of fused-ring (bicyclic) bond motifs is 2. The second-order valence-electron chi connectivity index (χ2n) is 3.55. The standard InChI is InChI=1S/C12H11NO3/c1-14-13-7-10-9-3-5-15-11(9)6-8-2-4-16-12(8)10/h2-6,13H,7H2,1H3. The molecular weight excluding hydrogens is 206 g/mol. The van der Waals surface area contributed by atoms with Crippen LogP contribution in [0.1, 0.15) is 5.56 Å². The molecule has 0 aliphatic carbocycles. The maximum absolute atomic E-state index is 5.49. The third-order valence-electron chi connectivity index (χ3n) is 2.67. The van der Waals surface area contributed by atoms with E-state index in [1.807, 2.05) is 18.2 Å². The van der Waals surface area contributed by atoms with Gasteiger partial charge in [-0.05, 0) is 18.2 Å². The van der Waals surface area contributed by atoms with Gasteiger partial charge in [0.15, 0.2) is 0 Å². The van der Waals surface area contributed by atoms with E-state index in [2.05, 4.69) is 5.48 Å². The molecule has 3 rings (SSSR count). The smallest absolute Gasteiger partial charge is 0.139 e. The predicted molar refractivity (Wildman–Crippen MR) is 59.8 cm³/mol.